The van der Waals surface area contributed by atoms with E-state index in [9.17, 15) is 0 Å². The first-order valence-corrected chi connectivity index (χ1v) is 6.68. The van der Waals surface area contributed by atoms with Crippen LogP contribution in [0.1, 0.15) is 30.1 Å². The fourth-order valence-electron chi connectivity index (χ4n) is 2.65. The van der Waals surface area contributed by atoms with E-state index in [0.29, 0.717) is 11.2 Å². The molecule has 3 heterocycles. The molecule has 1 saturated heterocycles. The number of halogens is 1. The fourth-order valence-corrected chi connectivity index (χ4v) is 2.77. The van der Waals surface area contributed by atoms with Crippen molar-refractivity contribution in [2.24, 2.45) is 0 Å². The van der Waals surface area contributed by atoms with Gasteiger partial charge in [-0.1, -0.05) is 17.7 Å². The van der Waals surface area contributed by atoms with E-state index in [0.717, 1.165) is 13.1 Å². The summed E-state index contributed by atoms with van der Waals surface area (Å²) in [6, 6.07) is 8.66. The summed E-state index contributed by atoms with van der Waals surface area (Å²) in [6.07, 6.45) is 6.34. The lowest BCUT2D eigenvalue weighted by Gasteiger charge is -2.23. The van der Waals surface area contributed by atoms with Gasteiger partial charge in [-0.25, -0.2) is 4.98 Å². The number of rotatable bonds is 3. The molecule has 0 spiro atoms. The highest BCUT2D eigenvalue weighted by atomic mass is 35.5. The van der Waals surface area contributed by atoms with Gasteiger partial charge in [0.25, 0.3) is 0 Å². The van der Waals surface area contributed by atoms with Gasteiger partial charge in [-0.2, -0.15) is 0 Å². The van der Waals surface area contributed by atoms with Crippen LogP contribution in [0.3, 0.4) is 0 Å². The molecule has 0 saturated carbocycles. The van der Waals surface area contributed by atoms with Gasteiger partial charge in [-0.3, -0.25) is 4.90 Å². The van der Waals surface area contributed by atoms with Crippen LogP contribution in [-0.4, -0.2) is 21.4 Å². The molecule has 0 aromatic carbocycles. The van der Waals surface area contributed by atoms with Gasteiger partial charge in [0, 0.05) is 24.6 Å². The lowest BCUT2D eigenvalue weighted by Crippen LogP contribution is -2.23. The highest BCUT2D eigenvalue weighted by Gasteiger charge is 2.26. The van der Waals surface area contributed by atoms with Crippen molar-refractivity contribution in [1.82, 2.24) is 14.9 Å². The molecule has 1 fully saturated rings. The average molecular weight is 262 g/mol. The fraction of sp³-hybridized carbons (Fsp3) is 0.357. The third-order valence-electron chi connectivity index (χ3n) is 3.52. The van der Waals surface area contributed by atoms with E-state index < -0.39 is 0 Å². The van der Waals surface area contributed by atoms with E-state index in [1.165, 1.54) is 24.1 Å². The number of hydrogen-bond donors (Lipinski definition) is 1. The molecule has 0 amide bonds. The van der Waals surface area contributed by atoms with E-state index >= 15 is 0 Å². The number of pyridine rings is 1. The normalized spacial score (nSPS) is 20.4. The minimum atomic E-state index is 0.510. The Kier molecular flexibility index (Phi) is 3.35. The Hall–Kier alpha value is -1.32. The maximum atomic E-state index is 5.81. The van der Waals surface area contributed by atoms with Crippen LogP contribution in [0, 0.1) is 0 Å². The van der Waals surface area contributed by atoms with Crippen molar-refractivity contribution < 1.29 is 0 Å². The third kappa shape index (κ3) is 2.42. The molecule has 3 rings (SSSR count). The molecule has 1 atom stereocenters. The van der Waals surface area contributed by atoms with Crippen molar-refractivity contribution in [2.45, 2.75) is 25.4 Å². The summed E-state index contributed by atoms with van der Waals surface area (Å²) in [5.74, 6) is 0. The number of nitrogens with one attached hydrogen (secondary N) is 1. The lowest BCUT2D eigenvalue weighted by molar-refractivity contribution is 0.245. The number of H-pyrrole nitrogens is 1. The monoisotopic (exact) mass is 261 g/mol. The first-order valence-electron chi connectivity index (χ1n) is 6.31. The number of likely N-dealkylation sites (tertiary alicyclic amines) is 1. The van der Waals surface area contributed by atoms with E-state index in [4.69, 9.17) is 11.6 Å². The summed E-state index contributed by atoms with van der Waals surface area (Å²) in [5.41, 5.74) is 2.53. The summed E-state index contributed by atoms with van der Waals surface area (Å²) >= 11 is 5.81. The standard InChI is InChI=1S/C14H16ClN3/c15-14-6-5-11(9-17-14)10-18-8-2-4-13(18)12-3-1-7-16-12/h1,3,5-7,9,13,16H,2,4,8,10H2. The van der Waals surface area contributed by atoms with Crippen LogP contribution < -0.4 is 0 Å². The largest absolute Gasteiger partial charge is 0.364 e. The Balaban J connectivity index is 1.73. The van der Waals surface area contributed by atoms with Gasteiger partial charge < -0.3 is 4.98 Å². The van der Waals surface area contributed by atoms with Crippen molar-refractivity contribution in [3.8, 4) is 0 Å². The Labute approximate surface area is 112 Å². The average Bonchev–Trinajstić information content (AvgIpc) is 3.02. The molecule has 3 nitrogen and oxygen atoms in total. The van der Waals surface area contributed by atoms with Gasteiger partial charge in [-0.05, 0) is 43.1 Å². The summed E-state index contributed by atoms with van der Waals surface area (Å²) in [4.78, 5) is 9.96. The van der Waals surface area contributed by atoms with Crippen molar-refractivity contribution in [2.75, 3.05) is 6.54 Å². The van der Waals surface area contributed by atoms with Crippen LogP contribution in [0.25, 0.3) is 0 Å². The predicted octanol–water partition coefficient (Wildman–Crippen LogP) is 3.40. The van der Waals surface area contributed by atoms with Crippen LogP contribution in [0.4, 0.5) is 0 Å². The minimum absolute atomic E-state index is 0.510. The van der Waals surface area contributed by atoms with Gasteiger partial charge in [0.2, 0.25) is 0 Å². The Morgan fingerprint density at radius 1 is 1.39 bits per heavy atom. The Bertz CT molecular complexity index is 492. The minimum Gasteiger partial charge on any atom is -0.364 e. The lowest BCUT2D eigenvalue weighted by atomic mass is 10.1. The van der Waals surface area contributed by atoms with Gasteiger partial charge in [0.15, 0.2) is 0 Å². The number of aromatic amines is 1. The number of hydrogen-bond acceptors (Lipinski definition) is 2. The molecule has 1 aliphatic rings. The van der Waals surface area contributed by atoms with Crippen molar-refractivity contribution in [1.29, 1.82) is 0 Å². The molecule has 1 unspecified atom stereocenters. The van der Waals surface area contributed by atoms with Crippen molar-refractivity contribution in [3.05, 3.63) is 53.1 Å². The van der Waals surface area contributed by atoms with Crippen LogP contribution >= 0.6 is 11.6 Å². The second-order valence-electron chi connectivity index (χ2n) is 4.74. The predicted molar refractivity (Wildman–Crippen MR) is 72.4 cm³/mol. The molecule has 2 aromatic heterocycles. The highest BCUT2D eigenvalue weighted by molar-refractivity contribution is 6.29. The van der Waals surface area contributed by atoms with Gasteiger partial charge in [-0.15, -0.1) is 0 Å². The summed E-state index contributed by atoms with van der Waals surface area (Å²) < 4.78 is 0. The SMILES string of the molecule is Clc1ccc(CN2CCCC2c2ccc[nH]2)cn1. The summed E-state index contributed by atoms with van der Waals surface area (Å²) in [5, 5.41) is 0.557. The number of aromatic nitrogens is 2. The van der Waals surface area contributed by atoms with E-state index in [-0.39, 0.29) is 0 Å². The zero-order chi connectivity index (χ0) is 12.4. The second-order valence-corrected chi connectivity index (χ2v) is 5.13. The molecule has 1 aliphatic heterocycles. The molecule has 4 heteroatoms. The smallest absolute Gasteiger partial charge is 0.129 e. The highest BCUT2D eigenvalue weighted by Crippen LogP contribution is 2.32. The van der Waals surface area contributed by atoms with Gasteiger partial charge >= 0.3 is 0 Å². The van der Waals surface area contributed by atoms with Gasteiger partial charge in [0.1, 0.15) is 5.15 Å². The molecular formula is C14H16ClN3. The molecule has 0 radical (unpaired) electrons. The van der Waals surface area contributed by atoms with Crippen LogP contribution in [0.5, 0.6) is 0 Å². The second kappa shape index (κ2) is 5.12. The van der Waals surface area contributed by atoms with E-state index in [2.05, 4.69) is 33.1 Å². The van der Waals surface area contributed by atoms with Gasteiger partial charge in [0.05, 0.1) is 6.04 Å². The third-order valence-corrected chi connectivity index (χ3v) is 3.74. The topological polar surface area (TPSA) is 31.9 Å². The first-order chi connectivity index (χ1) is 8.83. The van der Waals surface area contributed by atoms with E-state index in [1.807, 2.05) is 18.5 Å². The van der Waals surface area contributed by atoms with Crippen LogP contribution in [0.15, 0.2) is 36.7 Å². The Morgan fingerprint density at radius 2 is 2.33 bits per heavy atom. The number of nitrogens with zero attached hydrogens (tertiary/aromatic N) is 2. The maximum Gasteiger partial charge on any atom is 0.129 e. The molecule has 94 valence electrons. The van der Waals surface area contributed by atoms with E-state index in [1.54, 1.807) is 0 Å². The summed E-state index contributed by atoms with van der Waals surface area (Å²) in [6.45, 7) is 2.08. The molecule has 1 N–H and O–H groups in total. The first kappa shape index (κ1) is 11.8. The quantitative estimate of drug-likeness (QED) is 0.859. The van der Waals surface area contributed by atoms with Crippen molar-refractivity contribution >= 4 is 11.6 Å². The molecule has 0 bridgehead atoms. The molecule has 0 aliphatic carbocycles. The molecule has 2 aromatic rings. The maximum absolute atomic E-state index is 5.81. The van der Waals surface area contributed by atoms with Crippen LogP contribution in [0.2, 0.25) is 5.15 Å². The van der Waals surface area contributed by atoms with Crippen LogP contribution in [-0.2, 0) is 6.54 Å². The zero-order valence-electron chi connectivity index (χ0n) is 10.1. The van der Waals surface area contributed by atoms with Crippen molar-refractivity contribution in [3.63, 3.8) is 0 Å². The Morgan fingerprint density at radius 3 is 3.06 bits per heavy atom. The zero-order valence-corrected chi connectivity index (χ0v) is 10.9. The molecular weight excluding hydrogens is 246 g/mol. The molecule has 18 heavy (non-hydrogen) atoms. The summed E-state index contributed by atoms with van der Waals surface area (Å²) in [7, 11) is 0.